The molecule has 1 heterocycles. The number of hydrogen-bond donors (Lipinski definition) is 0. The SMILES string of the molecule is COc1ccc(CN2CCC(Cc3ccccc3)CC2)cc1OCc1ccccc1. The van der Waals surface area contributed by atoms with Gasteiger partial charge in [0.05, 0.1) is 7.11 Å². The summed E-state index contributed by atoms with van der Waals surface area (Å²) in [5.41, 5.74) is 3.90. The number of nitrogens with zero attached hydrogens (tertiary/aromatic N) is 1. The minimum absolute atomic E-state index is 0.547. The highest BCUT2D eigenvalue weighted by Crippen LogP contribution is 2.30. The van der Waals surface area contributed by atoms with Gasteiger partial charge in [-0.25, -0.2) is 0 Å². The second-order valence-corrected chi connectivity index (χ2v) is 8.17. The molecule has 0 spiro atoms. The Kier molecular flexibility index (Phi) is 7.04. The number of hydrogen-bond acceptors (Lipinski definition) is 3. The van der Waals surface area contributed by atoms with Crippen LogP contribution in [0.15, 0.2) is 78.9 Å². The molecule has 0 N–H and O–H groups in total. The summed E-state index contributed by atoms with van der Waals surface area (Å²) in [5.74, 6) is 2.40. The maximum Gasteiger partial charge on any atom is 0.161 e. The van der Waals surface area contributed by atoms with Crippen molar-refractivity contribution >= 4 is 0 Å². The van der Waals surface area contributed by atoms with Gasteiger partial charge in [-0.3, -0.25) is 4.90 Å². The number of ether oxygens (including phenoxy) is 2. The number of methoxy groups -OCH3 is 1. The normalized spacial score (nSPS) is 15.1. The van der Waals surface area contributed by atoms with Crippen LogP contribution in [0.3, 0.4) is 0 Å². The Balaban J connectivity index is 1.32. The van der Waals surface area contributed by atoms with E-state index >= 15 is 0 Å². The third kappa shape index (κ3) is 5.64. The zero-order valence-electron chi connectivity index (χ0n) is 17.8. The van der Waals surface area contributed by atoms with Gasteiger partial charge < -0.3 is 9.47 Å². The highest BCUT2D eigenvalue weighted by atomic mass is 16.5. The van der Waals surface area contributed by atoms with Crippen molar-refractivity contribution in [3.05, 3.63) is 95.6 Å². The Hall–Kier alpha value is -2.78. The van der Waals surface area contributed by atoms with E-state index in [4.69, 9.17) is 9.47 Å². The van der Waals surface area contributed by atoms with Crippen LogP contribution in [-0.4, -0.2) is 25.1 Å². The molecule has 0 aliphatic carbocycles. The summed E-state index contributed by atoms with van der Waals surface area (Å²) in [7, 11) is 1.70. The van der Waals surface area contributed by atoms with E-state index in [1.165, 1.54) is 30.4 Å². The largest absolute Gasteiger partial charge is 0.493 e. The van der Waals surface area contributed by atoms with Gasteiger partial charge in [-0.2, -0.15) is 0 Å². The lowest BCUT2D eigenvalue weighted by Crippen LogP contribution is -2.33. The van der Waals surface area contributed by atoms with Gasteiger partial charge in [-0.1, -0.05) is 66.7 Å². The van der Waals surface area contributed by atoms with E-state index in [-0.39, 0.29) is 0 Å². The van der Waals surface area contributed by atoms with E-state index in [9.17, 15) is 0 Å². The average Bonchev–Trinajstić information content (AvgIpc) is 2.80. The summed E-state index contributed by atoms with van der Waals surface area (Å²) in [6.45, 7) is 3.82. The number of piperidine rings is 1. The Morgan fingerprint density at radius 1 is 0.767 bits per heavy atom. The molecular formula is C27H31NO2. The zero-order valence-corrected chi connectivity index (χ0v) is 17.8. The van der Waals surface area contributed by atoms with Crippen LogP contribution in [0.2, 0.25) is 0 Å². The molecule has 3 heteroatoms. The van der Waals surface area contributed by atoms with Gasteiger partial charge >= 0.3 is 0 Å². The van der Waals surface area contributed by atoms with Crippen LogP contribution in [-0.2, 0) is 19.6 Å². The van der Waals surface area contributed by atoms with Crippen LogP contribution in [0.4, 0.5) is 0 Å². The molecule has 1 aliphatic rings. The monoisotopic (exact) mass is 401 g/mol. The molecular weight excluding hydrogens is 370 g/mol. The summed E-state index contributed by atoms with van der Waals surface area (Å²) in [4.78, 5) is 2.56. The van der Waals surface area contributed by atoms with Crippen LogP contribution < -0.4 is 9.47 Å². The van der Waals surface area contributed by atoms with Gasteiger partial charge in [-0.05, 0) is 67.1 Å². The maximum absolute atomic E-state index is 6.08. The standard InChI is InChI=1S/C27H31NO2/c1-29-26-13-12-25(19-27(26)30-21-24-10-6-3-7-11-24)20-28-16-14-23(15-17-28)18-22-8-4-2-5-9-22/h2-13,19,23H,14-18,20-21H2,1H3. The number of benzene rings is 3. The predicted molar refractivity (Wildman–Crippen MR) is 122 cm³/mol. The third-order valence-electron chi connectivity index (χ3n) is 5.95. The molecule has 0 amide bonds. The van der Waals surface area contributed by atoms with E-state index in [0.29, 0.717) is 6.61 Å². The van der Waals surface area contributed by atoms with Crippen molar-refractivity contribution in [2.24, 2.45) is 5.92 Å². The molecule has 0 aromatic heterocycles. The van der Waals surface area contributed by atoms with E-state index in [1.807, 2.05) is 24.3 Å². The fourth-order valence-electron chi connectivity index (χ4n) is 4.22. The van der Waals surface area contributed by atoms with Crippen molar-refractivity contribution in [3.63, 3.8) is 0 Å². The van der Waals surface area contributed by atoms with Gasteiger partial charge in [0, 0.05) is 6.54 Å². The van der Waals surface area contributed by atoms with E-state index in [0.717, 1.165) is 42.6 Å². The topological polar surface area (TPSA) is 21.7 Å². The van der Waals surface area contributed by atoms with Crippen molar-refractivity contribution < 1.29 is 9.47 Å². The van der Waals surface area contributed by atoms with Gasteiger partial charge in [0.25, 0.3) is 0 Å². The Morgan fingerprint density at radius 3 is 2.10 bits per heavy atom. The zero-order chi connectivity index (χ0) is 20.6. The third-order valence-corrected chi connectivity index (χ3v) is 5.95. The lowest BCUT2D eigenvalue weighted by atomic mass is 9.90. The Labute approximate surface area is 180 Å². The summed E-state index contributed by atoms with van der Waals surface area (Å²) in [5, 5.41) is 0. The molecule has 0 saturated carbocycles. The minimum atomic E-state index is 0.547. The highest BCUT2D eigenvalue weighted by Gasteiger charge is 2.20. The molecule has 0 bridgehead atoms. The Morgan fingerprint density at radius 2 is 1.43 bits per heavy atom. The highest BCUT2D eigenvalue weighted by molar-refractivity contribution is 5.43. The lowest BCUT2D eigenvalue weighted by molar-refractivity contribution is 0.176. The second kappa shape index (κ2) is 10.3. The number of likely N-dealkylation sites (tertiary alicyclic amines) is 1. The molecule has 4 rings (SSSR count). The molecule has 3 aromatic carbocycles. The molecule has 0 radical (unpaired) electrons. The lowest BCUT2D eigenvalue weighted by Gasteiger charge is -2.32. The summed E-state index contributed by atoms with van der Waals surface area (Å²) in [6, 6.07) is 27.5. The van der Waals surface area contributed by atoms with Crippen LogP contribution >= 0.6 is 0 Å². The van der Waals surface area contributed by atoms with Crippen LogP contribution in [0, 0.1) is 5.92 Å². The van der Waals surface area contributed by atoms with Crippen molar-refractivity contribution in [1.82, 2.24) is 4.90 Å². The first-order chi connectivity index (χ1) is 14.8. The van der Waals surface area contributed by atoms with E-state index in [2.05, 4.69) is 59.5 Å². The molecule has 3 nitrogen and oxygen atoms in total. The molecule has 1 fully saturated rings. The minimum Gasteiger partial charge on any atom is -0.493 e. The van der Waals surface area contributed by atoms with Crippen LogP contribution in [0.1, 0.15) is 29.5 Å². The second-order valence-electron chi connectivity index (χ2n) is 8.17. The first-order valence-corrected chi connectivity index (χ1v) is 10.9. The van der Waals surface area contributed by atoms with Crippen LogP contribution in [0.25, 0.3) is 0 Å². The molecule has 1 saturated heterocycles. The average molecular weight is 402 g/mol. The predicted octanol–water partition coefficient (Wildman–Crippen LogP) is 5.73. The van der Waals surface area contributed by atoms with Crippen molar-refractivity contribution in [1.29, 1.82) is 0 Å². The van der Waals surface area contributed by atoms with Crippen molar-refractivity contribution in [2.45, 2.75) is 32.4 Å². The summed E-state index contributed by atoms with van der Waals surface area (Å²) in [6.07, 6.45) is 3.74. The molecule has 0 atom stereocenters. The van der Waals surface area contributed by atoms with Gasteiger partial charge in [0.2, 0.25) is 0 Å². The first kappa shape index (κ1) is 20.5. The van der Waals surface area contributed by atoms with Crippen molar-refractivity contribution in [2.75, 3.05) is 20.2 Å². The maximum atomic E-state index is 6.08. The van der Waals surface area contributed by atoms with Crippen LogP contribution in [0.5, 0.6) is 11.5 Å². The van der Waals surface area contributed by atoms with Crippen molar-refractivity contribution in [3.8, 4) is 11.5 Å². The molecule has 30 heavy (non-hydrogen) atoms. The fourth-order valence-corrected chi connectivity index (χ4v) is 4.22. The number of rotatable bonds is 8. The first-order valence-electron chi connectivity index (χ1n) is 10.9. The molecule has 0 unspecified atom stereocenters. The van der Waals surface area contributed by atoms with E-state index < -0.39 is 0 Å². The fraction of sp³-hybridized carbons (Fsp3) is 0.333. The van der Waals surface area contributed by atoms with Gasteiger partial charge in [0.1, 0.15) is 6.61 Å². The smallest absolute Gasteiger partial charge is 0.161 e. The molecule has 1 aliphatic heterocycles. The van der Waals surface area contributed by atoms with Gasteiger partial charge in [-0.15, -0.1) is 0 Å². The Bertz CT molecular complexity index is 903. The van der Waals surface area contributed by atoms with Gasteiger partial charge in [0.15, 0.2) is 11.5 Å². The molecule has 156 valence electrons. The summed E-state index contributed by atoms with van der Waals surface area (Å²) < 4.78 is 11.6. The molecule has 3 aromatic rings. The summed E-state index contributed by atoms with van der Waals surface area (Å²) >= 11 is 0. The van der Waals surface area contributed by atoms with E-state index in [1.54, 1.807) is 7.11 Å². The quantitative estimate of drug-likeness (QED) is 0.481.